The van der Waals surface area contributed by atoms with Crippen molar-refractivity contribution in [2.45, 2.75) is 76.5 Å². The summed E-state index contributed by atoms with van der Waals surface area (Å²) in [6, 6.07) is 0.249. The molecule has 1 saturated heterocycles. The Hall–Kier alpha value is -1.81. The molecule has 1 aliphatic rings. The SMILES string of the molecule is CCCCCCC(C)Nc1ncnc2c1ncn2C1OC(CO)C(O)C1O. The number of nitrogens with one attached hydrogen (secondary N) is 1. The van der Waals surface area contributed by atoms with Gasteiger partial charge in [-0.2, -0.15) is 0 Å². The average molecular weight is 379 g/mol. The van der Waals surface area contributed by atoms with E-state index in [1.54, 1.807) is 4.57 Å². The Morgan fingerprint density at radius 1 is 1.19 bits per heavy atom. The number of fused-ring (bicyclic) bond motifs is 1. The third kappa shape index (κ3) is 4.21. The van der Waals surface area contributed by atoms with E-state index in [1.165, 1.54) is 31.9 Å². The molecule has 9 nitrogen and oxygen atoms in total. The van der Waals surface area contributed by atoms with Crippen molar-refractivity contribution in [1.82, 2.24) is 19.5 Å². The van der Waals surface area contributed by atoms with Gasteiger partial charge < -0.3 is 25.4 Å². The Morgan fingerprint density at radius 2 is 2.00 bits per heavy atom. The quantitative estimate of drug-likeness (QED) is 0.479. The van der Waals surface area contributed by atoms with Crippen molar-refractivity contribution in [2.75, 3.05) is 11.9 Å². The Balaban J connectivity index is 1.75. The van der Waals surface area contributed by atoms with Crippen LogP contribution in [0.1, 0.15) is 52.2 Å². The maximum atomic E-state index is 10.3. The minimum Gasteiger partial charge on any atom is -0.394 e. The molecule has 0 amide bonds. The van der Waals surface area contributed by atoms with E-state index in [4.69, 9.17) is 4.74 Å². The van der Waals surface area contributed by atoms with Gasteiger partial charge in [0.25, 0.3) is 0 Å². The first-order chi connectivity index (χ1) is 13.1. The van der Waals surface area contributed by atoms with E-state index < -0.39 is 24.5 Å². The number of aliphatic hydroxyl groups excluding tert-OH is 3. The van der Waals surface area contributed by atoms with Crippen LogP contribution in [0.2, 0.25) is 0 Å². The molecule has 4 N–H and O–H groups in total. The molecule has 0 spiro atoms. The number of ether oxygens (including phenoxy) is 1. The lowest BCUT2D eigenvalue weighted by Crippen LogP contribution is -2.33. The predicted octanol–water partition coefficient (Wildman–Crippen LogP) is 1.21. The van der Waals surface area contributed by atoms with Crippen LogP contribution in [0.25, 0.3) is 11.2 Å². The second kappa shape index (κ2) is 8.92. The van der Waals surface area contributed by atoms with Gasteiger partial charge in [-0.25, -0.2) is 15.0 Å². The number of hydrogen-bond acceptors (Lipinski definition) is 8. The van der Waals surface area contributed by atoms with Gasteiger partial charge in [-0.1, -0.05) is 32.6 Å². The van der Waals surface area contributed by atoms with Crippen LogP contribution in [0.4, 0.5) is 5.82 Å². The Kier molecular flexibility index (Phi) is 6.59. The first-order valence-electron chi connectivity index (χ1n) is 9.63. The van der Waals surface area contributed by atoms with Crippen LogP contribution in [-0.4, -0.2) is 65.8 Å². The summed E-state index contributed by atoms with van der Waals surface area (Å²) in [5.74, 6) is 0.633. The van der Waals surface area contributed by atoms with Crippen molar-refractivity contribution in [2.24, 2.45) is 0 Å². The molecule has 5 unspecified atom stereocenters. The van der Waals surface area contributed by atoms with Gasteiger partial charge in [0, 0.05) is 6.04 Å². The molecular formula is C18H29N5O4. The highest BCUT2D eigenvalue weighted by atomic mass is 16.6. The molecule has 0 aliphatic carbocycles. The van der Waals surface area contributed by atoms with Crippen LogP contribution < -0.4 is 5.32 Å². The van der Waals surface area contributed by atoms with Gasteiger partial charge in [0.05, 0.1) is 12.9 Å². The van der Waals surface area contributed by atoms with Gasteiger partial charge in [-0.05, 0) is 13.3 Å². The van der Waals surface area contributed by atoms with E-state index in [1.807, 2.05) is 0 Å². The van der Waals surface area contributed by atoms with Crippen molar-refractivity contribution in [3.63, 3.8) is 0 Å². The summed E-state index contributed by atoms with van der Waals surface area (Å²) in [5, 5.41) is 32.9. The Morgan fingerprint density at radius 3 is 2.70 bits per heavy atom. The van der Waals surface area contributed by atoms with E-state index in [0.717, 1.165) is 12.8 Å². The fourth-order valence-corrected chi connectivity index (χ4v) is 3.44. The minimum atomic E-state index is -1.18. The highest BCUT2D eigenvalue weighted by molar-refractivity contribution is 5.82. The van der Waals surface area contributed by atoms with Crippen molar-refractivity contribution in [3.8, 4) is 0 Å². The van der Waals surface area contributed by atoms with Crippen LogP contribution in [0.3, 0.4) is 0 Å². The topological polar surface area (TPSA) is 126 Å². The van der Waals surface area contributed by atoms with Gasteiger partial charge in [-0.15, -0.1) is 0 Å². The molecule has 27 heavy (non-hydrogen) atoms. The fourth-order valence-electron chi connectivity index (χ4n) is 3.44. The zero-order valence-electron chi connectivity index (χ0n) is 15.8. The number of unbranched alkanes of at least 4 members (excludes halogenated alkanes) is 3. The van der Waals surface area contributed by atoms with E-state index in [9.17, 15) is 15.3 Å². The first-order valence-corrected chi connectivity index (χ1v) is 9.63. The Labute approximate surface area is 158 Å². The van der Waals surface area contributed by atoms with Gasteiger partial charge >= 0.3 is 0 Å². The number of anilines is 1. The summed E-state index contributed by atoms with van der Waals surface area (Å²) in [4.78, 5) is 12.9. The van der Waals surface area contributed by atoms with Crippen LogP contribution in [0.15, 0.2) is 12.7 Å². The van der Waals surface area contributed by atoms with Crippen LogP contribution >= 0.6 is 0 Å². The normalized spacial score (nSPS) is 26.6. The second-order valence-corrected chi connectivity index (χ2v) is 7.17. The lowest BCUT2D eigenvalue weighted by Gasteiger charge is -2.17. The predicted molar refractivity (Wildman–Crippen MR) is 100 cm³/mol. The number of aromatic nitrogens is 4. The molecule has 2 aromatic rings. The largest absolute Gasteiger partial charge is 0.394 e. The molecule has 150 valence electrons. The molecule has 1 aliphatic heterocycles. The number of nitrogens with zero attached hydrogens (tertiary/aromatic N) is 4. The monoisotopic (exact) mass is 379 g/mol. The molecule has 0 bridgehead atoms. The molecule has 0 aromatic carbocycles. The van der Waals surface area contributed by atoms with Crippen LogP contribution in [0.5, 0.6) is 0 Å². The highest BCUT2D eigenvalue weighted by Crippen LogP contribution is 2.32. The number of hydrogen-bond donors (Lipinski definition) is 4. The molecule has 5 atom stereocenters. The van der Waals surface area contributed by atoms with Gasteiger partial charge in [0.15, 0.2) is 23.2 Å². The third-order valence-corrected chi connectivity index (χ3v) is 5.02. The summed E-state index contributed by atoms with van der Waals surface area (Å²) >= 11 is 0. The maximum absolute atomic E-state index is 10.3. The van der Waals surface area contributed by atoms with Crippen molar-refractivity contribution in [3.05, 3.63) is 12.7 Å². The van der Waals surface area contributed by atoms with Crippen molar-refractivity contribution in [1.29, 1.82) is 0 Å². The lowest BCUT2D eigenvalue weighted by molar-refractivity contribution is -0.0511. The van der Waals surface area contributed by atoms with Crippen LogP contribution in [-0.2, 0) is 4.74 Å². The standard InChI is InChI=1S/C18H29N5O4/c1-3-4-5-6-7-11(2)22-16-13-17(20-9-19-16)23(10-21-13)18-15(26)14(25)12(8-24)27-18/h9-12,14-15,18,24-26H,3-8H2,1-2H3,(H,19,20,22). The molecule has 0 radical (unpaired) electrons. The van der Waals surface area contributed by atoms with E-state index in [0.29, 0.717) is 17.0 Å². The van der Waals surface area contributed by atoms with Gasteiger partial charge in [-0.3, -0.25) is 4.57 Å². The van der Waals surface area contributed by atoms with Gasteiger partial charge in [0.2, 0.25) is 0 Å². The summed E-state index contributed by atoms with van der Waals surface area (Å²) < 4.78 is 7.14. The molecule has 0 saturated carbocycles. The lowest BCUT2D eigenvalue weighted by atomic mass is 10.1. The van der Waals surface area contributed by atoms with E-state index >= 15 is 0 Å². The summed E-state index contributed by atoms with van der Waals surface area (Å²) in [6.07, 6.45) is 4.79. The molecule has 3 rings (SSSR count). The zero-order chi connectivity index (χ0) is 19.4. The van der Waals surface area contributed by atoms with Crippen LogP contribution in [0, 0.1) is 0 Å². The zero-order valence-corrected chi connectivity index (χ0v) is 15.8. The minimum absolute atomic E-state index is 0.249. The van der Waals surface area contributed by atoms with Gasteiger partial charge in [0.1, 0.15) is 24.6 Å². The van der Waals surface area contributed by atoms with E-state index in [2.05, 4.69) is 34.1 Å². The summed E-state index contributed by atoms with van der Waals surface area (Å²) in [7, 11) is 0. The maximum Gasteiger partial charge on any atom is 0.167 e. The van der Waals surface area contributed by atoms with Crippen molar-refractivity contribution >= 4 is 17.0 Å². The first kappa shape index (κ1) is 19.9. The molecule has 3 heterocycles. The van der Waals surface area contributed by atoms with E-state index in [-0.39, 0.29) is 12.6 Å². The second-order valence-electron chi connectivity index (χ2n) is 7.17. The molecule has 1 fully saturated rings. The highest BCUT2D eigenvalue weighted by Gasteiger charge is 2.44. The Bertz CT molecular complexity index is 740. The van der Waals surface area contributed by atoms with Crippen molar-refractivity contribution < 1.29 is 20.1 Å². The summed E-state index contributed by atoms with van der Waals surface area (Å²) in [5.41, 5.74) is 1.08. The fraction of sp³-hybridized carbons (Fsp3) is 0.722. The third-order valence-electron chi connectivity index (χ3n) is 5.02. The molecule has 9 heteroatoms. The number of rotatable bonds is 9. The summed E-state index contributed by atoms with van der Waals surface area (Å²) in [6.45, 7) is 3.93. The molecule has 2 aromatic heterocycles. The molecular weight excluding hydrogens is 350 g/mol. The average Bonchev–Trinajstić information content (AvgIpc) is 3.21. The number of imidazole rings is 1. The smallest absolute Gasteiger partial charge is 0.167 e. The number of aliphatic hydroxyl groups is 3.